The molecule has 0 bridgehead atoms. The van der Waals surface area contributed by atoms with Crippen molar-refractivity contribution in [2.45, 2.75) is 105 Å². The summed E-state index contributed by atoms with van der Waals surface area (Å²) in [6, 6.07) is 24.9. The molecule has 0 radical (unpaired) electrons. The number of benzene rings is 3. The Bertz CT molecular complexity index is 3490. The van der Waals surface area contributed by atoms with Gasteiger partial charge in [0.2, 0.25) is 11.5 Å². The zero-order valence-electron chi connectivity index (χ0n) is 48.4. The summed E-state index contributed by atoms with van der Waals surface area (Å²) < 4.78 is 52.5. The van der Waals surface area contributed by atoms with Gasteiger partial charge in [0, 0.05) is 33.2 Å². The van der Waals surface area contributed by atoms with E-state index in [9.17, 15) is 28.0 Å². The van der Waals surface area contributed by atoms with Crippen LogP contribution in [0.4, 0.5) is 8.78 Å². The molecule has 0 saturated heterocycles. The maximum atomic E-state index is 14.3. The van der Waals surface area contributed by atoms with Crippen LogP contribution >= 0.6 is 67.3 Å². The van der Waals surface area contributed by atoms with Gasteiger partial charge in [-0.2, -0.15) is 18.6 Å². The van der Waals surface area contributed by atoms with Crippen LogP contribution in [0.2, 0.25) is 46.3 Å². The molecule has 12 nitrogen and oxygen atoms in total. The molecule has 0 fully saturated rings. The molecule has 0 N–H and O–H groups in total. The van der Waals surface area contributed by atoms with E-state index in [0.717, 1.165) is 3.57 Å². The van der Waals surface area contributed by atoms with Crippen molar-refractivity contribution >= 4 is 113 Å². The minimum absolute atomic E-state index is 0.0343. The summed E-state index contributed by atoms with van der Waals surface area (Å²) >= 11 is 17.6. The second kappa shape index (κ2) is 31.3. The number of carbonyl (C=O) groups excluding carboxylic acids is 2. The molecule has 81 heavy (non-hydrogen) atoms. The number of nitrogens with zero attached hydrogens (tertiary/aromatic N) is 4. The first kappa shape index (κ1) is 70.7. The van der Waals surface area contributed by atoms with Crippen molar-refractivity contribution in [3.63, 3.8) is 0 Å². The number of esters is 2. The first-order chi connectivity index (χ1) is 37.8. The third-order valence-corrected chi connectivity index (χ3v) is 25.3. The molecule has 7 aromatic rings. The van der Waals surface area contributed by atoms with Gasteiger partial charge in [0.05, 0.1) is 19.2 Å². The monoisotopic (exact) mass is 1430 g/mol. The minimum atomic E-state index is -2.47. The molecule has 0 unspecified atom stereocenters. The van der Waals surface area contributed by atoms with E-state index in [2.05, 4.69) is 143 Å². The Labute approximate surface area is 518 Å². The van der Waals surface area contributed by atoms with Crippen LogP contribution < -0.4 is 25.3 Å². The van der Waals surface area contributed by atoms with Crippen LogP contribution in [-0.4, -0.2) is 61.6 Å². The normalized spacial score (nSPS) is 11.7. The van der Waals surface area contributed by atoms with E-state index in [0.29, 0.717) is 22.3 Å². The van der Waals surface area contributed by atoms with Gasteiger partial charge in [0.1, 0.15) is 17.1 Å². The second-order valence-corrected chi connectivity index (χ2v) is 34.4. The van der Waals surface area contributed by atoms with Crippen LogP contribution in [0.3, 0.4) is 0 Å². The van der Waals surface area contributed by atoms with Gasteiger partial charge in [0.15, 0.2) is 11.4 Å². The van der Waals surface area contributed by atoms with Crippen LogP contribution in [-0.2, 0) is 32.2 Å². The molecule has 0 spiro atoms. The molecule has 4 heterocycles. The van der Waals surface area contributed by atoms with Gasteiger partial charge in [-0.3, -0.25) is 22.8 Å². The van der Waals surface area contributed by atoms with Crippen molar-refractivity contribution in [2.24, 2.45) is 0 Å². The molecule has 430 valence electrons. The van der Waals surface area contributed by atoms with Gasteiger partial charge in [-0.05, 0) is 134 Å². The number of aryl methyl sites for hydroxylation is 1. The van der Waals surface area contributed by atoms with Crippen molar-refractivity contribution in [2.75, 3.05) is 14.2 Å². The molecule has 3 aromatic carbocycles. The Balaban J connectivity index is 0.000000307. The summed E-state index contributed by atoms with van der Waals surface area (Å²) in [5, 5.41) is 1.28. The van der Waals surface area contributed by atoms with Gasteiger partial charge in [0.25, 0.3) is 27.8 Å². The van der Waals surface area contributed by atoms with Crippen LogP contribution in [0.1, 0.15) is 98.6 Å². The van der Waals surface area contributed by atoms with E-state index in [1.807, 2.05) is 53.0 Å². The topological polar surface area (TPSA) is 140 Å². The fourth-order valence-electron chi connectivity index (χ4n) is 6.68. The zero-order chi connectivity index (χ0) is 61.4. The summed E-state index contributed by atoms with van der Waals surface area (Å²) in [5.41, 5.74) is 2.28. The fourth-order valence-corrected chi connectivity index (χ4v) is 11.3. The molecule has 4 aromatic heterocycles. The van der Waals surface area contributed by atoms with Crippen LogP contribution in [0.25, 0.3) is 11.3 Å². The maximum absolute atomic E-state index is 14.3. The summed E-state index contributed by atoms with van der Waals surface area (Å²) in [7, 11) is -2.55. The quantitative estimate of drug-likeness (QED) is 0.0404. The van der Waals surface area contributed by atoms with E-state index < -0.39 is 51.3 Å². The zero-order valence-corrected chi connectivity index (χ0v) is 59.6. The number of carbonyl (C=O) groups is 2. The molecule has 0 saturated carbocycles. The number of pyridine rings is 2. The Hall–Kier alpha value is -4.59. The Morgan fingerprint density at radius 2 is 1.15 bits per heavy atom. The van der Waals surface area contributed by atoms with Crippen LogP contribution in [0.15, 0.2) is 131 Å². The van der Waals surface area contributed by atoms with Crippen LogP contribution in [0.5, 0.6) is 11.5 Å². The first-order valence-electron chi connectivity index (χ1n) is 25.2. The van der Waals surface area contributed by atoms with Gasteiger partial charge in [-0.1, -0.05) is 137 Å². The molecule has 0 atom stereocenters. The fraction of sp³-hybridized carbons (Fsp3) is 0.305. The molecular weight excluding hydrogens is 1360 g/mol. The van der Waals surface area contributed by atoms with Gasteiger partial charge in [-0.25, -0.2) is 23.9 Å². The number of aromatic nitrogens is 4. The molecular formula is C59H69BrCl2F2IN4O8PSi2Zn. The van der Waals surface area contributed by atoms with Gasteiger partial charge >= 0.3 is 41.9 Å². The number of fused-ring (bicyclic) bond motifs is 2. The van der Waals surface area contributed by atoms with E-state index >= 15 is 0 Å². The van der Waals surface area contributed by atoms with Crippen molar-refractivity contribution in [3.05, 3.63) is 208 Å². The Morgan fingerprint density at radius 3 is 1.58 bits per heavy atom. The Morgan fingerprint density at radius 1 is 0.704 bits per heavy atom. The summed E-state index contributed by atoms with van der Waals surface area (Å²) in [6.45, 7) is 30.0. The van der Waals surface area contributed by atoms with E-state index in [4.69, 9.17) is 41.5 Å². The third-order valence-electron chi connectivity index (χ3n) is 13.1. The number of hydrogen-bond acceptors (Lipinski definition) is 10. The molecule has 0 aliphatic rings. The van der Waals surface area contributed by atoms with Crippen molar-refractivity contribution in [1.82, 2.24) is 18.8 Å². The number of ether oxygens (including phenoxy) is 2. The van der Waals surface area contributed by atoms with E-state index in [-0.39, 0.29) is 63.0 Å². The molecule has 22 heteroatoms. The summed E-state index contributed by atoms with van der Waals surface area (Å²) in [4.78, 5) is 59.5. The molecule has 7 rings (SSSR count). The van der Waals surface area contributed by atoms with Gasteiger partial charge < -0.3 is 18.3 Å². The second-order valence-electron chi connectivity index (χ2n) is 21.0. The molecule has 0 aliphatic carbocycles. The van der Waals surface area contributed by atoms with Crippen LogP contribution in [0, 0.1) is 29.1 Å². The predicted octanol–water partition coefficient (Wildman–Crippen LogP) is 16.4. The van der Waals surface area contributed by atoms with Crippen molar-refractivity contribution < 1.29 is 53.0 Å². The van der Waals surface area contributed by atoms with E-state index in [1.165, 1.54) is 62.4 Å². The van der Waals surface area contributed by atoms with Crippen molar-refractivity contribution in [1.29, 1.82) is 0 Å². The average Bonchev–Trinajstić information content (AvgIpc) is 3.42. The number of methoxy groups -OCH3 is 2. The number of rotatable bonds is 11. The number of allylic oxidation sites excluding steroid dienone is 2. The first-order valence-corrected chi connectivity index (χ1v) is 41.3. The molecule has 0 aliphatic heterocycles. The standard InChI is InChI=1S/C23H26ClFN2O4Si.C16H21IN2O4Si.C13H17P.C7H5ClF.BrH.Zn/c1-23(2,3)32(5,6)31-20-19(22(29)30-4)26-17-11-10-14(13-27(17)21(20)28)12-15-8-7-9-16(24)18(15)25;1-16(2,3)24(5,6)23-13-12(15(21)22-4)18-11-8-7-10(17)9-19(11)14(13)20;1-4-10-14(11-5-2)13-9-7-6-8-12(13)3;1-5-3-2-4-6(8)7(5)9;;/h7-11,13H,12H2,1-6H3;7-9H,1-6H3;4-11H,1-3H3;2-4H,1H2;1H;/q;;;-1;;+2/p-1/b;;10-4+,11-5+;;;. The molecule has 0 amide bonds. The SMILES string of the molecule is C/C=C/P(/C=C/C)c1ccccc1C.COC(=O)c1nc2ccc(Cc3cccc(Cl)c3F)cn2c(=O)c1O[Si](C)(C)C(C)(C)C.COC(=O)c1nc2ccc(I)cn2c(=O)c1O[Si](C)(C)C(C)(C)C.[CH2-]c1cccc(Cl)c1F.[Zn+][Br]. The van der Waals surface area contributed by atoms with E-state index in [1.54, 1.807) is 54.9 Å². The average molecular weight is 1430 g/mol. The number of halogens is 6. The number of hydrogen-bond donors (Lipinski definition) is 0. The predicted molar refractivity (Wildman–Crippen MR) is 340 cm³/mol. The summed E-state index contributed by atoms with van der Waals surface area (Å²) in [6.07, 6.45) is 7.75. The third kappa shape index (κ3) is 19.0. The van der Waals surface area contributed by atoms with Gasteiger partial charge in [-0.15, -0.1) is 6.07 Å². The summed E-state index contributed by atoms with van der Waals surface area (Å²) in [5.74, 6) is 2.06. The van der Waals surface area contributed by atoms with Crippen molar-refractivity contribution in [3.8, 4) is 11.5 Å². The Kier molecular flexibility index (Phi) is 27.3.